The smallest absolute Gasteiger partial charge is 0.227 e. The summed E-state index contributed by atoms with van der Waals surface area (Å²) < 4.78 is 33.9. The van der Waals surface area contributed by atoms with Crippen molar-refractivity contribution in [2.45, 2.75) is 19.3 Å². The summed E-state index contributed by atoms with van der Waals surface area (Å²) in [7, 11) is 0. The van der Waals surface area contributed by atoms with E-state index in [2.05, 4.69) is 72.6 Å². The van der Waals surface area contributed by atoms with Crippen LogP contribution in [0.2, 0.25) is 5.15 Å². The van der Waals surface area contributed by atoms with Crippen molar-refractivity contribution in [1.29, 1.82) is 0 Å². The molecule has 0 N–H and O–H groups in total. The van der Waals surface area contributed by atoms with Gasteiger partial charge in [-0.3, -0.25) is 0 Å². The van der Waals surface area contributed by atoms with Gasteiger partial charge in [0.1, 0.15) is 21.4 Å². The number of piperidine rings is 1. The molecule has 0 amide bonds. The van der Waals surface area contributed by atoms with Gasteiger partial charge in [0.25, 0.3) is 0 Å². The number of hydrogen-bond donors (Lipinski definition) is 0. The van der Waals surface area contributed by atoms with E-state index in [4.69, 9.17) is 16.3 Å². The minimum atomic E-state index is -0.371. The number of halogens is 6. The highest BCUT2D eigenvalue weighted by Gasteiger charge is 2.19. The van der Waals surface area contributed by atoms with Gasteiger partial charge in [0.15, 0.2) is 0 Å². The molecule has 2 aromatic carbocycles. The average molecular weight is 736 g/mol. The maximum Gasteiger partial charge on any atom is 0.227 e. The zero-order valence-corrected chi connectivity index (χ0v) is 25.5. The first-order valence-corrected chi connectivity index (χ1v) is 14.8. The monoisotopic (exact) mass is 732 g/mol. The summed E-state index contributed by atoms with van der Waals surface area (Å²) in [6.07, 6.45) is 3.60. The molecule has 6 rings (SSSR count). The predicted molar refractivity (Wildman–Crippen MR) is 156 cm³/mol. The first-order valence-electron chi connectivity index (χ1n) is 12.0. The summed E-state index contributed by atoms with van der Waals surface area (Å²) in [6.45, 7) is 4.70. The van der Waals surface area contributed by atoms with Gasteiger partial charge < -0.3 is 14.5 Å². The van der Waals surface area contributed by atoms with Crippen LogP contribution in [0.5, 0.6) is 0 Å². The Labute approximate surface area is 248 Å². The van der Waals surface area contributed by atoms with E-state index < -0.39 is 0 Å². The molecule has 4 aromatic rings. The lowest BCUT2D eigenvalue weighted by Gasteiger charge is -2.27. The van der Waals surface area contributed by atoms with Crippen molar-refractivity contribution >= 4 is 93.1 Å². The maximum absolute atomic E-state index is 13.4. The Hall–Kier alpha value is -1.73. The Kier molecular flexibility index (Phi) is 8.93. The molecule has 38 heavy (non-hydrogen) atoms. The fourth-order valence-electron chi connectivity index (χ4n) is 4.36. The second-order valence-electron chi connectivity index (χ2n) is 8.84. The molecule has 2 fully saturated rings. The average Bonchev–Trinajstić information content (AvgIpc) is 2.91. The zero-order chi connectivity index (χ0) is 26.8. The summed E-state index contributed by atoms with van der Waals surface area (Å²) in [6, 6.07) is 5.59. The van der Waals surface area contributed by atoms with Crippen LogP contribution in [0.1, 0.15) is 19.3 Å². The highest BCUT2D eigenvalue weighted by atomic mass is 79.9. The summed E-state index contributed by atoms with van der Waals surface area (Å²) in [4.78, 5) is 21.9. The van der Waals surface area contributed by atoms with E-state index in [-0.39, 0.29) is 16.8 Å². The minimum absolute atomic E-state index is 0.256. The summed E-state index contributed by atoms with van der Waals surface area (Å²) in [5.74, 6) is 0.595. The minimum Gasteiger partial charge on any atom is -0.378 e. The number of morpholine rings is 1. The van der Waals surface area contributed by atoms with E-state index in [0.29, 0.717) is 54.9 Å². The number of ether oxygens (including phenoxy) is 1. The second-order valence-corrected chi connectivity index (χ2v) is 11.7. The number of nitrogens with zero attached hydrogens (tertiary/aromatic N) is 6. The number of fused-ring (bicyclic) bond motifs is 2. The lowest BCUT2D eigenvalue weighted by molar-refractivity contribution is 0.122. The molecule has 0 unspecified atom stereocenters. The first kappa shape index (κ1) is 27.8. The summed E-state index contributed by atoms with van der Waals surface area (Å²) in [5, 5.41) is 1.45. The second kappa shape index (κ2) is 12.2. The van der Waals surface area contributed by atoms with Crippen LogP contribution in [0, 0.1) is 11.6 Å². The Morgan fingerprint density at radius 1 is 0.684 bits per heavy atom. The summed E-state index contributed by atoms with van der Waals surface area (Å²) >= 11 is 16.2. The highest BCUT2D eigenvalue weighted by molar-refractivity contribution is 9.11. The van der Waals surface area contributed by atoms with E-state index in [9.17, 15) is 8.78 Å². The molecular weight excluding hydrogens is 713 g/mol. The van der Waals surface area contributed by atoms with Gasteiger partial charge in [-0.15, -0.1) is 0 Å². The molecule has 0 spiro atoms. The molecule has 2 aliphatic heterocycles. The quantitative estimate of drug-likeness (QED) is 0.200. The Balaban J connectivity index is 0.000000155. The van der Waals surface area contributed by atoms with E-state index >= 15 is 0 Å². The van der Waals surface area contributed by atoms with Crippen LogP contribution in [0.15, 0.2) is 37.8 Å². The van der Waals surface area contributed by atoms with Gasteiger partial charge in [0.2, 0.25) is 11.9 Å². The van der Waals surface area contributed by atoms with Gasteiger partial charge >= 0.3 is 0 Å². The van der Waals surface area contributed by atoms with Gasteiger partial charge in [0.05, 0.1) is 24.2 Å². The first-order chi connectivity index (χ1) is 18.3. The van der Waals surface area contributed by atoms with E-state index in [1.165, 1.54) is 43.5 Å². The number of aromatic nitrogens is 4. The van der Waals surface area contributed by atoms with Gasteiger partial charge in [-0.25, -0.2) is 28.7 Å². The van der Waals surface area contributed by atoms with Crippen molar-refractivity contribution in [3.05, 3.63) is 54.6 Å². The molecule has 2 aromatic heterocycles. The molecule has 0 bridgehead atoms. The third-order valence-corrected chi connectivity index (χ3v) is 8.36. The van der Waals surface area contributed by atoms with E-state index in [0.717, 1.165) is 31.7 Å². The molecule has 2 aliphatic rings. The molecule has 0 saturated carbocycles. The molecule has 2 saturated heterocycles. The van der Waals surface area contributed by atoms with Crippen LogP contribution >= 0.6 is 59.4 Å². The van der Waals surface area contributed by atoms with Gasteiger partial charge in [-0.2, -0.15) is 0 Å². The number of hydrogen-bond acceptors (Lipinski definition) is 7. The van der Waals surface area contributed by atoms with Crippen LogP contribution < -0.4 is 9.80 Å². The van der Waals surface area contributed by atoms with Crippen molar-refractivity contribution in [3.63, 3.8) is 0 Å². The van der Waals surface area contributed by atoms with Crippen LogP contribution in [0.3, 0.4) is 0 Å². The third-order valence-electron chi connectivity index (χ3n) is 6.25. The Morgan fingerprint density at radius 3 is 1.84 bits per heavy atom. The molecule has 13 heteroatoms. The molecule has 4 heterocycles. The Morgan fingerprint density at radius 2 is 1.21 bits per heavy atom. The number of anilines is 2. The standard InChI is InChI=1S/C13H12Br2FN3.C12H10BrClFN3O/c14-10-7-8(16)6-9-11(10)17-13(18-12(9)15)19-4-2-1-3-5-19;13-9-6-7(15)5-8-10(9)16-12(17-11(8)14)18-1-3-19-4-2-18/h6-7H,1-5H2;5-6H,1-4H2. The molecule has 0 atom stereocenters. The van der Waals surface area contributed by atoms with E-state index in [1.807, 2.05) is 4.90 Å². The fraction of sp³-hybridized carbons (Fsp3) is 0.360. The third kappa shape index (κ3) is 6.19. The van der Waals surface area contributed by atoms with Crippen LogP contribution in [0.25, 0.3) is 21.8 Å². The Bertz CT molecular complexity index is 1370. The van der Waals surface area contributed by atoms with Gasteiger partial charge in [0, 0.05) is 45.9 Å². The normalized spacial score (nSPS) is 16.1. The molecule has 0 radical (unpaired) electrons. The number of benzene rings is 2. The van der Waals surface area contributed by atoms with E-state index in [1.54, 1.807) is 0 Å². The highest BCUT2D eigenvalue weighted by Crippen LogP contribution is 2.32. The van der Waals surface area contributed by atoms with Crippen molar-refractivity contribution in [3.8, 4) is 0 Å². The van der Waals surface area contributed by atoms with Crippen LogP contribution in [-0.2, 0) is 4.74 Å². The zero-order valence-electron chi connectivity index (χ0n) is 20.0. The molecular formula is C25H22Br3ClF2N6O. The fourth-order valence-corrected chi connectivity index (χ4v) is 6.08. The molecule has 0 aliphatic carbocycles. The van der Waals surface area contributed by atoms with Crippen molar-refractivity contribution in [2.24, 2.45) is 0 Å². The lowest BCUT2D eigenvalue weighted by Crippen LogP contribution is -2.37. The number of rotatable bonds is 2. The molecule has 7 nitrogen and oxygen atoms in total. The van der Waals surface area contributed by atoms with Crippen LogP contribution in [0.4, 0.5) is 20.7 Å². The van der Waals surface area contributed by atoms with Crippen LogP contribution in [-0.4, -0.2) is 59.3 Å². The topological polar surface area (TPSA) is 67.3 Å². The van der Waals surface area contributed by atoms with Crippen molar-refractivity contribution in [1.82, 2.24) is 19.9 Å². The summed E-state index contributed by atoms with van der Waals surface area (Å²) in [5.41, 5.74) is 1.35. The van der Waals surface area contributed by atoms with Gasteiger partial charge in [-0.1, -0.05) is 11.6 Å². The maximum atomic E-state index is 13.4. The lowest BCUT2D eigenvalue weighted by atomic mass is 10.1. The predicted octanol–water partition coefficient (Wildman–Crippen LogP) is 7.31. The van der Waals surface area contributed by atoms with Crippen molar-refractivity contribution < 1.29 is 13.5 Å². The molecule has 200 valence electrons. The van der Waals surface area contributed by atoms with Gasteiger partial charge in [-0.05, 0) is 91.3 Å². The SMILES string of the molecule is Fc1cc(Br)c2nc(N3CCCCC3)nc(Br)c2c1.Fc1cc(Br)c2nc(N3CCOCC3)nc(Cl)c2c1. The van der Waals surface area contributed by atoms with Crippen molar-refractivity contribution in [2.75, 3.05) is 49.2 Å². The largest absolute Gasteiger partial charge is 0.378 e.